The summed E-state index contributed by atoms with van der Waals surface area (Å²) in [5.74, 6) is 1.49. The van der Waals surface area contributed by atoms with E-state index in [2.05, 4.69) is 36.3 Å². The van der Waals surface area contributed by atoms with Crippen LogP contribution in [0.1, 0.15) is 62.4 Å². The first-order valence-corrected chi connectivity index (χ1v) is 8.84. The molecule has 5 heteroatoms. The number of hydrogen-bond acceptors (Lipinski definition) is 5. The van der Waals surface area contributed by atoms with Crippen LogP contribution in [0, 0.1) is 11.3 Å². The van der Waals surface area contributed by atoms with Crippen LogP contribution >= 0.6 is 11.3 Å². The summed E-state index contributed by atoms with van der Waals surface area (Å²) in [5.41, 5.74) is 0.447. The summed E-state index contributed by atoms with van der Waals surface area (Å²) in [6.07, 6.45) is 5.20. The van der Waals surface area contributed by atoms with E-state index in [1.807, 2.05) is 0 Å². The van der Waals surface area contributed by atoms with Gasteiger partial charge in [-0.2, -0.15) is 0 Å². The van der Waals surface area contributed by atoms with Crippen molar-refractivity contribution in [1.82, 2.24) is 15.5 Å². The fourth-order valence-corrected chi connectivity index (χ4v) is 4.06. The molecule has 0 atom stereocenters. The Hall–Kier alpha value is -0.520. The van der Waals surface area contributed by atoms with Gasteiger partial charge in [0.15, 0.2) is 0 Å². The van der Waals surface area contributed by atoms with Crippen LogP contribution in [0.3, 0.4) is 0 Å². The van der Waals surface area contributed by atoms with Crippen LogP contribution in [0.15, 0.2) is 0 Å². The summed E-state index contributed by atoms with van der Waals surface area (Å²) in [6, 6.07) is 0. The lowest BCUT2D eigenvalue weighted by Crippen LogP contribution is -2.25. The molecule has 1 heterocycles. The van der Waals surface area contributed by atoms with Crippen LogP contribution in [0.4, 0.5) is 0 Å². The van der Waals surface area contributed by atoms with Gasteiger partial charge in [0, 0.05) is 26.1 Å². The number of rotatable bonds is 6. The lowest BCUT2D eigenvalue weighted by atomic mass is 9.70. The van der Waals surface area contributed by atoms with E-state index in [1.165, 1.54) is 30.7 Å². The van der Waals surface area contributed by atoms with Gasteiger partial charge in [-0.15, -0.1) is 10.2 Å². The van der Waals surface area contributed by atoms with Crippen LogP contribution in [0.5, 0.6) is 0 Å². The van der Waals surface area contributed by atoms with Gasteiger partial charge in [-0.05, 0) is 37.0 Å². The third-order valence-electron chi connectivity index (χ3n) is 4.54. The summed E-state index contributed by atoms with van der Waals surface area (Å²) in [5, 5.41) is 14.4. The summed E-state index contributed by atoms with van der Waals surface area (Å²) in [6.45, 7) is 9.51. The lowest BCUT2D eigenvalue weighted by Gasteiger charge is -2.36. The van der Waals surface area contributed by atoms with Gasteiger partial charge in [0.2, 0.25) is 0 Å². The predicted molar refractivity (Wildman–Crippen MR) is 87.6 cm³/mol. The monoisotopic (exact) mass is 311 g/mol. The van der Waals surface area contributed by atoms with Crippen molar-refractivity contribution >= 4 is 11.3 Å². The van der Waals surface area contributed by atoms with Crippen molar-refractivity contribution < 1.29 is 4.74 Å². The van der Waals surface area contributed by atoms with E-state index in [0.29, 0.717) is 11.3 Å². The molecule has 1 fully saturated rings. The largest absolute Gasteiger partial charge is 0.383 e. The summed E-state index contributed by atoms with van der Waals surface area (Å²) < 4.78 is 5.02. The second kappa shape index (κ2) is 7.65. The van der Waals surface area contributed by atoms with Gasteiger partial charge in [0.1, 0.15) is 10.0 Å². The molecule has 120 valence electrons. The van der Waals surface area contributed by atoms with E-state index in [0.717, 1.165) is 30.6 Å². The average Bonchev–Trinajstić information content (AvgIpc) is 2.92. The van der Waals surface area contributed by atoms with Crippen molar-refractivity contribution in [1.29, 1.82) is 0 Å². The smallest absolute Gasteiger partial charge is 0.131 e. The molecule has 1 saturated carbocycles. The van der Waals surface area contributed by atoms with Crippen molar-refractivity contribution in [3.63, 3.8) is 0 Å². The first kappa shape index (κ1) is 16.8. The van der Waals surface area contributed by atoms with Crippen molar-refractivity contribution in [2.24, 2.45) is 11.3 Å². The van der Waals surface area contributed by atoms with Crippen molar-refractivity contribution in [3.05, 3.63) is 10.0 Å². The van der Waals surface area contributed by atoms with E-state index in [-0.39, 0.29) is 0 Å². The second-order valence-corrected chi connectivity index (χ2v) is 8.21. The molecule has 1 aliphatic carbocycles. The van der Waals surface area contributed by atoms with Gasteiger partial charge >= 0.3 is 0 Å². The standard InChI is InChI=1S/C16H29N3OS/c1-16(2,3)13-7-5-12(6-8-13)15-19-18-14(21-15)11-17-9-10-20-4/h12-13,17H,5-11H2,1-4H3. The summed E-state index contributed by atoms with van der Waals surface area (Å²) in [7, 11) is 1.72. The van der Waals surface area contributed by atoms with Gasteiger partial charge in [0.25, 0.3) is 0 Å². The molecular weight excluding hydrogens is 282 g/mol. The third kappa shape index (κ3) is 5.01. The average molecular weight is 311 g/mol. The van der Waals surface area contributed by atoms with Gasteiger partial charge in [-0.3, -0.25) is 0 Å². The highest BCUT2D eigenvalue weighted by molar-refractivity contribution is 7.11. The number of ether oxygens (including phenoxy) is 1. The minimum absolute atomic E-state index is 0.447. The Balaban J connectivity index is 1.80. The molecule has 0 aliphatic heterocycles. The maximum atomic E-state index is 5.02. The fraction of sp³-hybridized carbons (Fsp3) is 0.875. The van der Waals surface area contributed by atoms with E-state index in [9.17, 15) is 0 Å². The highest BCUT2D eigenvalue weighted by atomic mass is 32.1. The zero-order valence-corrected chi connectivity index (χ0v) is 14.6. The zero-order valence-electron chi connectivity index (χ0n) is 13.8. The van der Waals surface area contributed by atoms with Gasteiger partial charge < -0.3 is 10.1 Å². The van der Waals surface area contributed by atoms with E-state index in [1.54, 1.807) is 18.4 Å². The molecule has 1 aliphatic rings. The van der Waals surface area contributed by atoms with Crippen molar-refractivity contribution in [2.75, 3.05) is 20.3 Å². The quantitative estimate of drug-likeness (QED) is 0.816. The molecule has 0 bridgehead atoms. The number of nitrogens with one attached hydrogen (secondary N) is 1. The van der Waals surface area contributed by atoms with E-state index >= 15 is 0 Å². The van der Waals surface area contributed by atoms with Crippen molar-refractivity contribution in [2.45, 2.75) is 58.9 Å². The Labute approximate surface area is 132 Å². The van der Waals surface area contributed by atoms with Gasteiger partial charge in [-0.1, -0.05) is 32.1 Å². The zero-order chi connectivity index (χ0) is 15.3. The molecule has 0 spiro atoms. The number of aromatic nitrogens is 2. The first-order valence-electron chi connectivity index (χ1n) is 8.02. The first-order chi connectivity index (χ1) is 10.0. The number of nitrogens with zero attached hydrogens (tertiary/aromatic N) is 2. The topological polar surface area (TPSA) is 47.0 Å². The lowest BCUT2D eigenvalue weighted by molar-refractivity contribution is 0.169. The Morgan fingerprint density at radius 1 is 1.19 bits per heavy atom. The Bertz CT molecular complexity index is 419. The fourth-order valence-electron chi connectivity index (χ4n) is 3.08. The third-order valence-corrected chi connectivity index (χ3v) is 5.63. The van der Waals surface area contributed by atoms with Crippen LogP contribution < -0.4 is 5.32 Å². The molecule has 0 amide bonds. The SMILES string of the molecule is COCCNCc1nnc(C2CCC(C(C)(C)C)CC2)s1. The van der Waals surface area contributed by atoms with E-state index < -0.39 is 0 Å². The maximum Gasteiger partial charge on any atom is 0.131 e. The molecule has 1 N–H and O–H groups in total. The minimum Gasteiger partial charge on any atom is -0.383 e. The molecule has 0 unspecified atom stereocenters. The van der Waals surface area contributed by atoms with Crippen LogP contribution in [0.2, 0.25) is 0 Å². The highest BCUT2D eigenvalue weighted by Gasteiger charge is 2.31. The number of methoxy groups -OCH3 is 1. The molecule has 21 heavy (non-hydrogen) atoms. The molecule has 2 rings (SSSR count). The number of hydrogen-bond donors (Lipinski definition) is 1. The summed E-state index contributed by atoms with van der Waals surface area (Å²) in [4.78, 5) is 0. The second-order valence-electron chi connectivity index (χ2n) is 7.12. The minimum atomic E-state index is 0.447. The highest BCUT2D eigenvalue weighted by Crippen LogP contribution is 2.43. The normalized spacial score (nSPS) is 23.4. The Morgan fingerprint density at radius 3 is 2.52 bits per heavy atom. The Morgan fingerprint density at radius 2 is 1.90 bits per heavy atom. The molecule has 0 radical (unpaired) electrons. The maximum absolute atomic E-state index is 5.02. The molecule has 0 aromatic carbocycles. The molecule has 0 saturated heterocycles. The van der Waals surface area contributed by atoms with Crippen LogP contribution in [-0.2, 0) is 11.3 Å². The van der Waals surface area contributed by atoms with E-state index in [4.69, 9.17) is 4.74 Å². The molecular formula is C16H29N3OS. The van der Waals surface area contributed by atoms with Crippen molar-refractivity contribution in [3.8, 4) is 0 Å². The molecule has 4 nitrogen and oxygen atoms in total. The molecule has 1 aromatic rings. The van der Waals surface area contributed by atoms with Crippen LogP contribution in [0.25, 0.3) is 0 Å². The predicted octanol–water partition coefficient (Wildman–Crippen LogP) is 3.59. The van der Waals surface area contributed by atoms with Gasteiger partial charge in [-0.25, -0.2) is 0 Å². The summed E-state index contributed by atoms with van der Waals surface area (Å²) >= 11 is 1.78. The van der Waals surface area contributed by atoms with Crippen LogP contribution in [-0.4, -0.2) is 30.5 Å². The molecule has 1 aromatic heterocycles. The van der Waals surface area contributed by atoms with Gasteiger partial charge in [0.05, 0.1) is 6.61 Å². The Kier molecular flexibility index (Phi) is 6.14.